The lowest BCUT2D eigenvalue weighted by molar-refractivity contribution is -0.141. The zero-order valence-corrected chi connectivity index (χ0v) is 41.4. The maximum atomic E-state index is 13.1. The molecule has 3 nitrogen and oxygen atoms in total. The fourth-order valence-electron chi connectivity index (χ4n) is 5.52. The topological polar surface area (TPSA) is 38.7 Å². The molecule has 0 aliphatic heterocycles. The molecular weight excluding hydrogens is 833 g/mol. The molecule has 0 unspecified atom stereocenters. The number of hydrogen-bond acceptors (Lipinski definition) is 3. The third-order valence-corrected chi connectivity index (χ3v) is 9.76. The Morgan fingerprint density at radius 2 is 0.984 bits per heavy atom. The van der Waals surface area contributed by atoms with Gasteiger partial charge in [-0.2, -0.15) is 13.2 Å². The van der Waals surface area contributed by atoms with Gasteiger partial charge in [-0.1, -0.05) is 173 Å². The Morgan fingerprint density at radius 1 is 0.453 bits per heavy atom. The fourth-order valence-corrected chi connectivity index (χ4v) is 5.63. The van der Waals surface area contributed by atoms with Gasteiger partial charge in [-0.3, -0.25) is 9.97 Å². The second-order valence-corrected chi connectivity index (χ2v) is 17.9. The van der Waals surface area contributed by atoms with Crippen molar-refractivity contribution >= 4 is 11.6 Å². The van der Waals surface area contributed by atoms with E-state index < -0.39 is 11.9 Å². The lowest BCUT2D eigenvalue weighted by atomic mass is 10.0. The van der Waals surface area contributed by atoms with Gasteiger partial charge in [-0.05, 0) is 120 Å². The standard InChI is InChI=1S/C10H13F.C10H14.C9H10F3N.C9H12FN.C9H12.C8H10ClN/c1-7(2)9-5-4-8(3)6-10(9)11;1-8(2)10-6-4-9(3)5-7-10;1-6(2)7-4-3-5-8(13-7)9(10,11)12;1-6(2)9-8(10)4-7(3)5-11-9;1-8(2)9-6-4-3-5-7-9;1-6(2)8-4-3-7(9)5-10-8/h4-7H,1-3H3;4-8H,1-3H3;3-6H,1-2H3;4-6H,1-3H3;3-8H,1-2H3;3-6H,1-2H3. The van der Waals surface area contributed by atoms with Crippen LogP contribution in [0.15, 0.2) is 122 Å². The number of pyridine rings is 3. The van der Waals surface area contributed by atoms with Gasteiger partial charge in [-0.15, -0.1) is 0 Å². The maximum Gasteiger partial charge on any atom is 0.433 e. The van der Waals surface area contributed by atoms with Crippen LogP contribution in [0.5, 0.6) is 0 Å². The summed E-state index contributed by atoms with van der Waals surface area (Å²) in [6.45, 7) is 30.4. The zero-order chi connectivity index (χ0) is 48.7. The Bertz CT molecular complexity index is 2080. The van der Waals surface area contributed by atoms with E-state index >= 15 is 0 Å². The van der Waals surface area contributed by atoms with Gasteiger partial charge in [0.1, 0.15) is 17.3 Å². The van der Waals surface area contributed by atoms with Gasteiger partial charge in [0, 0.05) is 23.8 Å². The molecule has 0 aliphatic carbocycles. The number of benzene rings is 3. The van der Waals surface area contributed by atoms with Gasteiger partial charge in [0.15, 0.2) is 0 Å². The third kappa shape index (κ3) is 22.6. The van der Waals surface area contributed by atoms with Crippen molar-refractivity contribution in [3.63, 3.8) is 0 Å². The summed E-state index contributed by atoms with van der Waals surface area (Å²) in [6.07, 6.45) is -0.972. The van der Waals surface area contributed by atoms with Gasteiger partial charge < -0.3 is 0 Å². The van der Waals surface area contributed by atoms with Crippen molar-refractivity contribution in [2.24, 2.45) is 0 Å². The number of rotatable bonds is 6. The zero-order valence-electron chi connectivity index (χ0n) is 40.6. The molecule has 3 aromatic carbocycles. The van der Waals surface area contributed by atoms with Crippen molar-refractivity contribution in [2.45, 2.75) is 146 Å². The van der Waals surface area contributed by atoms with Crippen LogP contribution in [-0.2, 0) is 6.18 Å². The van der Waals surface area contributed by atoms with Gasteiger partial charge in [0.2, 0.25) is 0 Å². The van der Waals surface area contributed by atoms with Crippen molar-refractivity contribution in [2.75, 3.05) is 0 Å². The molecule has 3 heterocycles. The highest BCUT2D eigenvalue weighted by Crippen LogP contribution is 2.28. The first-order valence-electron chi connectivity index (χ1n) is 22.0. The first kappa shape index (κ1) is 57.1. The summed E-state index contributed by atoms with van der Waals surface area (Å²) in [7, 11) is 0. The van der Waals surface area contributed by atoms with Crippen molar-refractivity contribution in [1.82, 2.24) is 15.0 Å². The lowest BCUT2D eigenvalue weighted by Gasteiger charge is -2.09. The Labute approximate surface area is 387 Å². The van der Waals surface area contributed by atoms with E-state index in [0.29, 0.717) is 34.2 Å². The molecule has 0 atom stereocenters. The number of nitrogens with zero attached hydrogens (tertiary/aromatic N) is 3. The second-order valence-electron chi connectivity index (χ2n) is 17.5. The van der Waals surface area contributed by atoms with E-state index in [2.05, 4.69) is 112 Å². The molecule has 348 valence electrons. The fraction of sp³-hybridized carbons (Fsp3) is 0.400. The molecule has 0 fully saturated rings. The van der Waals surface area contributed by atoms with Crippen LogP contribution in [0, 0.1) is 32.4 Å². The van der Waals surface area contributed by atoms with E-state index in [9.17, 15) is 22.0 Å². The first-order valence-corrected chi connectivity index (χ1v) is 22.4. The maximum absolute atomic E-state index is 13.1. The Morgan fingerprint density at radius 3 is 1.41 bits per heavy atom. The molecular formula is C55H71ClF5N3. The summed E-state index contributed by atoms with van der Waals surface area (Å²) in [5.41, 5.74) is 8.11. The minimum atomic E-state index is -4.34. The largest absolute Gasteiger partial charge is 0.433 e. The molecule has 0 aliphatic rings. The van der Waals surface area contributed by atoms with E-state index in [-0.39, 0.29) is 29.4 Å². The Balaban J connectivity index is 0.000000385. The van der Waals surface area contributed by atoms with E-state index in [0.717, 1.165) is 28.5 Å². The van der Waals surface area contributed by atoms with Crippen molar-refractivity contribution in [3.05, 3.63) is 194 Å². The predicted octanol–water partition coefficient (Wildman–Crippen LogP) is 17.9. The van der Waals surface area contributed by atoms with Gasteiger partial charge >= 0.3 is 6.18 Å². The van der Waals surface area contributed by atoms with E-state index in [1.165, 1.54) is 28.8 Å². The first-order chi connectivity index (χ1) is 29.8. The minimum absolute atomic E-state index is 0.0160. The van der Waals surface area contributed by atoms with Crippen LogP contribution in [0.2, 0.25) is 5.02 Å². The molecule has 9 heteroatoms. The van der Waals surface area contributed by atoms with Crippen LogP contribution in [0.1, 0.15) is 175 Å². The number of alkyl halides is 3. The highest BCUT2D eigenvalue weighted by atomic mass is 35.5. The Hall–Kier alpha value is -4.95. The van der Waals surface area contributed by atoms with E-state index in [4.69, 9.17) is 11.6 Å². The number of aryl methyl sites for hydroxylation is 3. The molecule has 6 rings (SSSR count). The van der Waals surface area contributed by atoms with Crippen molar-refractivity contribution in [3.8, 4) is 0 Å². The molecule has 0 saturated carbocycles. The molecule has 3 aromatic heterocycles. The second kappa shape index (κ2) is 28.8. The normalized spacial score (nSPS) is 10.8. The molecule has 0 amide bonds. The summed E-state index contributed by atoms with van der Waals surface area (Å²) in [4.78, 5) is 11.7. The number of hydrogen-bond donors (Lipinski definition) is 0. The Kier molecular flexibility index (Phi) is 25.6. The van der Waals surface area contributed by atoms with Crippen LogP contribution in [0.4, 0.5) is 22.0 Å². The average molecular weight is 905 g/mol. The van der Waals surface area contributed by atoms with Crippen molar-refractivity contribution < 1.29 is 22.0 Å². The molecule has 0 radical (unpaired) electrons. The van der Waals surface area contributed by atoms with Crippen LogP contribution >= 0.6 is 11.6 Å². The molecule has 0 spiro atoms. The molecule has 64 heavy (non-hydrogen) atoms. The number of halogens is 6. The summed E-state index contributed by atoms with van der Waals surface area (Å²) in [5, 5.41) is 0.699. The smallest absolute Gasteiger partial charge is 0.259 e. The summed E-state index contributed by atoms with van der Waals surface area (Å²) < 4.78 is 62.6. The van der Waals surface area contributed by atoms with Gasteiger partial charge in [-0.25, -0.2) is 13.8 Å². The quantitative estimate of drug-likeness (QED) is 0.156. The number of aromatic nitrogens is 3. The van der Waals surface area contributed by atoms with E-state index in [1.54, 1.807) is 24.5 Å². The van der Waals surface area contributed by atoms with Gasteiger partial charge in [0.25, 0.3) is 0 Å². The highest BCUT2D eigenvalue weighted by molar-refractivity contribution is 6.30. The molecule has 0 N–H and O–H groups in total. The lowest BCUT2D eigenvalue weighted by Crippen LogP contribution is -2.09. The van der Waals surface area contributed by atoms with Crippen molar-refractivity contribution in [1.29, 1.82) is 0 Å². The third-order valence-electron chi connectivity index (χ3n) is 9.54. The van der Waals surface area contributed by atoms with Gasteiger partial charge in [0.05, 0.1) is 10.7 Å². The summed E-state index contributed by atoms with van der Waals surface area (Å²) in [5.74, 6) is 1.97. The summed E-state index contributed by atoms with van der Waals surface area (Å²) in [6, 6.07) is 33.9. The predicted molar refractivity (Wildman–Crippen MR) is 261 cm³/mol. The molecule has 0 saturated heterocycles. The monoisotopic (exact) mass is 904 g/mol. The van der Waals surface area contributed by atoms with Crippen LogP contribution in [0.3, 0.4) is 0 Å². The van der Waals surface area contributed by atoms with E-state index in [1.807, 2.05) is 85.7 Å². The van der Waals surface area contributed by atoms with Crippen LogP contribution < -0.4 is 0 Å². The molecule has 6 aromatic rings. The van der Waals surface area contributed by atoms with Crippen LogP contribution in [-0.4, -0.2) is 15.0 Å². The molecule has 0 bridgehead atoms. The minimum Gasteiger partial charge on any atom is -0.259 e. The van der Waals surface area contributed by atoms with Crippen LogP contribution in [0.25, 0.3) is 0 Å². The summed E-state index contributed by atoms with van der Waals surface area (Å²) >= 11 is 5.65. The highest BCUT2D eigenvalue weighted by Gasteiger charge is 2.32. The SMILES string of the molecule is CC(C)c1ccc(Cl)cn1.CC(C)c1cccc(C(F)(F)F)n1.CC(C)c1ccccc1.Cc1ccc(C(C)C)c(F)c1.Cc1ccc(C(C)C)cc1.Cc1cnc(C(C)C)c(F)c1. The average Bonchev–Trinajstić information content (AvgIpc) is 3.22.